The van der Waals surface area contributed by atoms with E-state index in [-0.39, 0.29) is 0 Å². The Morgan fingerprint density at radius 1 is 1.21 bits per heavy atom. The summed E-state index contributed by atoms with van der Waals surface area (Å²) in [4.78, 5) is 5.21. The van der Waals surface area contributed by atoms with E-state index in [0.29, 0.717) is 0 Å². The van der Waals surface area contributed by atoms with Gasteiger partial charge in [-0.1, -0.05) is 19.8 Å². The summed E-state index contributed by atoms with van der Waals surface area (Å²) >= 11 is 0. The van der Waals surface area contributed by atoms with Gasteiger partial charge in [0.05, 0.1) is 13.2 Å². The van der Waals surface area contributed by atoms with Gasteiger partial charge in [-0.05, 0) is 31.8 Å². The van der Waals surface area contributed by atoms with Crippen molar-refractivity contribution >= 4 is 0 Å². The largest absolute Gasteiger partial charge is 0.379 e. The molecule has 4 heteroatoms. The molecule has 0 aromatic rings. The van der Waals surface area contributed by atoms with Crippen LogP contribution in [0.3, 0.4) is 0 Å². The van der Waals surface area contributed by atoms with Crippen LogP contribution < -0.4 is 5.73 Å². The van der Waals surface area contributed by atoms with E-state index < -0.39 is 0 Å². The fourth-order valence-electron chi connectivity index (χ4n) is 3.60. The minimum Gasteiger partial charge on any atom is -0.379 e. The molecule has 0 spiro atoms. The van der Waals surface area contributed by atoms with Gasteiger partial charge in [0.25, 0.3) is 0 Å². The summed E-state index contributed by atoms with van der Waals surface area (Å²) in [5.74, 6) is 0.721. The molecule has 2 unspecified atom stereocenters. The van der Waals surface area contributed by atoms with E-state index in [1.807, 2.05) is 0 Å². The van der Waals surface area contributed by atoms with Crippen LogP contribution in [-0.4, -0.2) is 68.3 Å². The average Bonchev–Trinajstić information content (AvgIpc) is 2.49. The Labute approximate surface area is 118 Å². The molecule has 2 N–H and O–H groups in total. The third-order valence-electron chi connectivity index (χ3n) is 4.85. The Kier molecular flexibility index (Phi) is 6.57. The van der Waals surface area contributed by atoms with Crippen LogP contribution in [0.5, 0.6) is 0 Å². The van der Waals surface area contributed by atoms with Crippen LogP contribution in [0.25, 0.3) is 0 Å². The first kappa shape index (κ1) is 15.2. The molecule has 1 saturated heterocycles. The highest BCUT2D eigenvalue weighted by Crippen LogP contribution is 2.27. The second-order valence-corrected chi connectivity index (χ2v) is 5.93. The third-order valence-corrected chi connectivity index (χ3v) is 4.85. The number of morpholine rings is 1. The van der Waals surface area contributed by atoms with Gasteiger partial charge in [0.15, 0.2) is 0 Å². The zero-order valence-electron chi connectivity index (χ0n) is 12.5. The topological polar surface area (TPSA) is 41.7 Å². The van der Waals surface area contributed by atoms with Gasteiger partial charge in [-0.15, -0.1) is 0 Å². The van der Waals surface area contributed by atoms with Gasteiger partial charge in [0.1, 0.15) is 0 Å². The minimum atomic E-state index is 0.721. The van der Waals surface area contributed by atoms with Crippen LogP contribution >= 0.6 is 0 Å². The van der Waals surface area contributed by atoms with Crippen LogP contribution in [-0.2, 0) is 4.74 Å². The summed E-state index contributed by atoms with van der Waals surface area (Å²) < 4.78 is 5.41. The fourth-order valence-corrected chi connectivity index (χ4v) is 3.60. The second-order valence-electron chi connectivity index (χ2n) is 5.93. The lowest BCUT2D eigenvalue weighted by molar-refractivity contribution is 0.0263. The summed E-state index contributed by atoms with van der Waals surface area (Å²) in [5.41, 5.74) is 5.97. The number of ether oxygens (including phenoxy) is 1. The number of rotatable bonds is 6. The number of nitrogens with two attached hydrogens (primary N) is 1. The second kappa shape index (κ2) is 8.20. The minimum absolute atomic E-state index is 0.721. The van der Waals surface area contributed by atoms with Crippen molar-refractivity contribution in [2.24, 2.45) is 11.7 Å². The van der Waals surface area contributed by atoms with Crippen molar-refractivity contribution in [1.29, 1.82) is 0 Å². The molecule has 2 fully saturated rings. The lowest BCUT2D eigenvalue weighted by atomic mass is 9.83. The van der Waals surface area contributed by atoms with Crippen LogP contribution in [0.4, 0.5) is 0 Å². The molecule has 0 amide bonds. The highest BCUT2D eigenvalue weighted by Gasteiger charge is 2.28. The van der Waals surface area contributed by atoms with E-state index >= 15 is 0 Å². The lowest BCUT2D eigenvalue weighted by Crippen LogP contribution is -2.48. The molecule has 1 aliphatic carbocycles. The highest BCUT2D eigenvalue weighted by atomic mass is 16.5. The van der Waals surface area contributed by atoms with Gasteiger partial charge >= 0.3 is 0 Å². The Morgan fingerprint density at radius 2 is 1.95 bits per heavy atom. The molecule has 2 atom stereocenters. The summed E-state index contributed by atoms with van der Waals surface area (Å²) in [6, 6.07) is 0.727. The quantitative estimate of drug-likeness (QED) is 0.786. The average molecular weight is 269 g/mol. The fraction of sp³-hybridized carbons (Fsp3) is 1.00. The number of hydrogen-bond donors (Lipinski definition) is 1. The maximum absolute atomic E-state index is 5.97. The van der Waals surface area contributed by atoms with Crippen molar-refractivity contribution in [3.05, 3.63) is 0 Å². The van der Waals surface area contributed by atoms with Crippen LogP contribution in [0.2, 0.25) is 0 Å². The third kappa shape index (κ3) is 4.42. The van der Waals surface area contributed by atoms with Crippen LogP contribution in [0, 0.1) is 5.92 Å². The molecule has 1 saturated carbocycles. The van der Waals surface area contributed by atoms with Gasteiger partial charge in [-0.25, -0.2) is 0 Å². The Hall–Kier alpha value is -0.160. The molecule has 2 rings (SSSR count). The van der Waals surface area contributed by atoms with Crippen molar-refractivity contribution in [3.63, 3.8) is 0 Å². The van der Waals surface area contributed by atoms with E-state index in [4.69, 9.17) is 10.5 Å². The summed E-state index contributed by atoms with van der Waals surface area (Å²) in [6.45, 7) is 10.7. The normalized spacial score (nSPS) is 29.8. The van der Waals surface area contributed by atoms with Crippen molar-refractivity contribution in [2.45, 2.75) is 38.6 Å². The summed E-state index contributed by atoms with van der Waals surface area (Å²) in [6.07, 6.45) is 5.43. The standard InChI is InChI=1S/C15H31N3O/c1-2-18(8-7-17-9-11-19-12-10-17)15-6-4-3-5-14(15)13-16/h14-15H,2-13,16H2,1H3. The maximum atomic E-state index is 5.97. The van der Waals surface area contributed by atoms with Gasteiger partial charge in [0, 0.05) is 32.2 Å². The summed E-state index contributed by atoms with van der Waals surface area (Å²) in [5, 5.41) is 0. The van der Waals surface area contributed by atoms with Gasteiger partial charge in [-0.2, -0.15) is 0 Å². The molecular formula is C15H31N3O. The maximum Gasteiger partial charge on any atom is 0.0594 e. The highest BCUT2D eigenvalue weighted by molar-refractivity contribution is 4.84. The van der Waals surface area contributed by atoms with E-state index in [9.17, 15) is 0 Å². The van der Waals surface area contributed by atoms with Crippen molar-refractivity contribution in [1.82, 2.24) is 9.80 Å². The predicted molar refractivity (Wildman–Crippen MR) is 79.3 cm³/mol. The lowest BCUT2D eigenvalue weighted by Gasteiger charge is -2.40. The van der Waals surface area contributed by atoms with Crippen molar-refractivity contribution in [3.8, 4) is 0 Å². The van der Waals surface area contributed by atoms with Gasteiger partial charge < -0.3 is 10.5 Å². The molecule has 0 aromatic carbocycles. The van der Waals surface area contributed by atoms with Gasteiger partial charge in [-0.3, -0.25) is 9.80 Å². The SMILES string of the molecule is CCN(CCN1CCOCC1)C1CCCCC1CN. The molecule has 0 aromatic heterocycles. The Balaban J connectivity index is 1.80. The van der Waals surface area contributed by atoms with Gasteiger partial charge in [0.2, 0.25) is 0 Å². The molecule has 2 aliphatic rings. The van der Waals surface area contributed by atoms with E-state index in [0.717, 1.165) is 51.4 Å². The Bertz CT molecular complexity index is 244. The molecular weight excluding hydrogens is 238 g/mol. The van der Waals surface area contributed by atoms with Crippen LogP contribution in [0.15, 0.2) is 0 Å². The first-order valence-electron chi connectivity index (χ1n) is 8.09. The first-order valence-corrected chi connectivity index (χ1v) is 8.09. The molecule has 19 heavy (non-hydrogen) atoms. The summed E-state index contributed by atoms with van der Waals surface area (Å²) in [7, 11) is 0. The molecule has 0 bridgehead atoms. The molecule has 1 aliphatic heterocycles. The zero-order valence-corrected chi connectivity index (χ0v) is 12.5. The van der Waals surface area contributed by atoms with Crippen molar-refractivity contribution in [2.75, 3.05) is 52.5 Å². The molecule has 1 heterocycles. The first-order chi connectivity index (χ1) is 9.35. The van der Waals surface area contributed by atoms with E-state index in [1.165, 1.54) is 38.8 Å². The predicted octanol–water partition coefficient (Wildman–Crippen LogP) is 1.16. The Morgan fingerprint density at radius 3 is 2.63 bits per heavy atom. The number of likely N-dealkylation sites (N-methyl/N-ethyl adjacent to an activating group) is 1. The van der Waals surface area contributed by atoms with Crippen LogP contribution in [0.1, 0.15) is 32.6 Å². The number of hydrogen-bond acceptors (Lipinski definition) is 4. The molecule has 112 valence electrons. The van der Waals surface area contributed by atoms with Crippen molar-refractivity contribution < 1.29 is 4.74 Å². The smallest absolute Gasteiger partial charge is 0.0594 e. The van der Waals surface area contributed by atoms with E-state index in [2.05, 4.69) is 16.7 Å². The molecule has 0 radical (unpaired) electrons. The zero-order chi connectivity index (χ0) is 13.5. The number of nitrogens with zero attached hydrogens (tertiary/aromatic N) is 2. The van der Waals surface area contributed by atoms with E-state index in [1.54, 1.807) is 0 Å². The molecule has 4 nitrogen and oxygen atoms in total. The monoisotopic (exact) mass is 269 g/mol.